The second-order valence-electron chi connectivity index (χ2n) is 4.88. The monoisotopic (exact) mass is 230 g/mol. The summed E-state index contributed by atoms with van der Waals surface area (Å²) in [5, 5.41) is 0. The quantitative estimate of drug-likeness (QED) is 0.777. The molecule has 0 N–H and O–H groups in total. The van der Waals surface area contributed by atoms with E-state index in [1.54, 1.807) is 0 Å². The van der Waals surface area contributed by atoms with Crippen molar-refractivity contribution in [2.75, 3.05) is 13.1 Å². The molecule has 3 heteroatoms. The SMILES string of the molecule is CC1=NC2CCN(Cc3ccccc3)CC2O1. The Bertz CT molecular complexity index is 415. The van der Waals surface area contributed by atoms with Crippen LogP contribution < -0.4 is 0 Å². The fourth-order valence-corrected chi connectivity index (χ4v) is 2.70. The Morgan fingerprint density at radius 1 is 1.35 bits per heavy atom. The maximum atomic E-state index is 5.74. The third-order valence-corrected chi connectivity index (χ3v) is 3.53. The summed E-state index contributed by atoms with van der Waals surface area (Å²) in [6, 6.07) is 11.0. The van der Waals surface area contributed by atoms with Crippen LogP contribution in [0.5, 0.6) is 0 Å². The molecule has 1 aromatic rings. The molecule has 0 saturated carbocycles. The normalized spacial score (nSPS) is 28.4. The van der Waals surface area contributed by atoms with Crippen molar-refractivity contribution >= 4 is 5.90 Å². The van der Waals surface area contributed by atoms with E-state index < -0.39 is 0 Å². The maximum Gasteiger partial charge on any atom is 0.180 e. The molecule has 0 aliphatic carbocycles. The zero-order valence-corrected chi connectivity index (χ0v) is 10.2. The molecule has 2 unspecified atom stereocenters. The number of benzene rings is 1. The van der Waals surface area contributed by atoms with Crippen LogP contribution in [0.15, 0.2) is 35.3 Å². The van der Waals surface area contributed by atoms with E-state index in [0.29, 0.717) is 6.04 Å². The molecule has 1 saturated heterocycles. The lowest BCUT2D eigenvalue weighted by atomic mass is 10.0. The zero-order chi connectivity index (χ0) is 11.7. The van der Waals surface area contributed by atoms with E-state index in [9.17, 15) is 0 Å². The topological polar surface area (TPSA) is 24.8 Å². The van der Waals surface area contributed by atoms with Gasteiger partial charge >= 0.3 is 0 Å². The molecular weight excluding hydrogens is 212 g/mol. The largest absolute Gasteiger partial charge is 0.474 e. The number of fused-ring (bicyclic) bond motifs is 1. The summed E-state index contributed by atoms with van der Waals surface area (Å²) in [6.45, 7) is 5.10. The Labute approximate surface area is 102 Å². The highest BCUT2D eigenvalue weighted by Crippen LogP contribution is 2.23. The summed E-state index contributed by atoms with van der Waals surface area (Å²) in [6.07, 6.45) is 1.40. The van der Waals surface area contributed by atoms with Gasteiger partial charge in [0.1, 0.15) is 6.10 Å². The first-order chi connectivity index (χ1) is 8.31. The van der Waals surface area contributed by atoms with Gasteiger partial charge < -0.3 is 4.74 Å². The van der Waals surface area contributed by atoms with Gasteiger partial charge in [-0.15, -0.1) is 0 Å². The van der Waals surface area contributed by atoms with E-state index in [0.717, 1.165) is 32.0 Å². The van der Waals surface area contributed by atoms with Crippen LogP contribution in [-0.2, 0) is 11.3 Å². The van der Waals surface area contributed by atoms with Gasteiger partial charge in [-0.25, -0.2) is 4.99 Å². The van der Waals surface area contributed by atoms with Crippen molar-refractivity contribution in [3.63, 3.8) is 0 Å². The molecule has 3 nitrogen and oxygen atoms in total. The second kappa shape index (κ2) is 4.49. The van der Waals surface area contributed by atoms with E-state index in [2.05, 4.69) is 40.2 Å². The van der Waals surface area contributed by atoms with Gasteiger partial charge in [0.05, 0.1) is 6.04 Å². The van der Waals surface area contributed by atoms with Crippen molar-refractivity contribution in [1.82, 2.24) is 4.90 Å². The number of ether oxygens (including phenoxy) is 1. The third-order valence-electron chi connectivity index (χ3n) is 3.53. The molecule has 0 spiro atoms. The molecular formula is C14H18N2O. The fraction of sp³-hybridized carbons (Fsp3) is 0.500. The van der Waals surface area contributed by atoms with E-state index in [1.165, 1.54) is 5.56 Å². The minimum atomic E-state index is 0.285. The Morgan fingerprint density at radius 2 is 2.18 bits per heavy atom. The van der Waals surface area contributed by atoms with Gasteiger partial charge in [0.2, 0.25) is 0 Å². The Hall–Kier alpha value is -1.35. The molecule has 2 atom stereocenters. The van der Waals surface area contributed by atoms with Crippen molar-refractivity contribution in [1.29, 1.82) is 0 Å². The minimum absolute atomic E-state index is 0.285. The number of hydrogen-bond donors (Lipinski definition) is 0. The van der Waals surface area contributed by atoms with Gasteiger partial charge in [0.25, 0.3) is 0 Å². The first kappa shape index (κ1) is 10.8. The first-order valence-electron chi connectivity index (χ1n) is 6.28. The number of rotatable bonds is 2. The second-order valence-corrected chi connectivity index (χ2v) is 4.88. The smallest absolute Gasteiger partial charge is 0.180 e. The molecule has 0 amide bonds. The summed E-state index contributed by atoms with van der Waals surface area (Å²) >= 11 is 0. The molecule has 3 rings (SSSR count). The molecule has 1 fully saturated rings. The molecule has 90 valence electrons. The van der Waals surface area contributed by atoms with Gasteiger partial charge in [0, 0.05) is 26.6 Å². The van der Waals surface area contributed by atoms with Crippen molar-refractivity contribution in [3.8, 4) is 0 Å². The van der Waals surface area contributed by atoms with Gasteiger partial charge in [-0.1, -0.05) is 30.3 Å². The van der Waals surface area contributed by atoms with Gasteiger partial charge in [-0.3, -0.25) is 4.90 Å². The van der Waals surface area contributed by atoms with Crippen molar-refractivity contribution in [2.45, 2.75) is 32.0 Å². The summed E-state index contributed by atoms with van der Waals surface area (Å²) in [5.41, 5.74) is 1.38. The van der Waals surface area contributed by atoms with Crippen molar-refractivity contribution in [3.05, 3.63) is 35.9 Å². The summed E-state index contributed by atoms with van der Waals surface area (Å²) in [5.74, 6) is 0.863. The van der Waals surface area contributed by atoms with Crippen LogP contribution in [0.1, 0.15) is 18.9 Å². The zero-order valence-electron chi connectivity index (χ0n) is 10.2. The molecule has 0 bridgehead atoms. The number of nitrogens with zero attached hydrogens (tertiary/aromatic N) is 2. The third kappa shape index (κ3) is 2.34. The number of likely N-dealkylation sites (tertiary alicyclic amines) is 1. The highest BCUT2D eigenvalue weighted by atomic mass is 16.5. The Balaban J connectivity index is 1.61. The van der Waals surface area contributed by atoms with Gasteiger partial charge in [0.15, 0.2) is 5.90 Å². The average Bonchev–Trinajstić information content (AvgIpc) is 2.70. The maximum absolute atomic E-state index is 5.74. The first-order valence-corrected chi connectivity index (χ1v) is 6.28. The van der Waals surface area contributed by atoms with Crippen molar-refractivity contribution in [2.24, 2.45) is 4.99 Å². The molecule has 2 aliphatic rings. The Kier molecular flexibility index (Phi) is 2.85. The van der Waals surface area contributed by atoms with Crippen LogP contribution in [0.4, 0.5) is 0 Å². The van der Waals surface area contributed by atoms with Crippen LogP contribution >= 0.6 is 0 Å². The van der Waals surface area contributed by atoms with Crippen molar-refractivity contribution < 1.29 is 4.74 Å². The molecule has 2 aliphatic heterocycles. The number of aliphatic imine (C=N–C) groups is 1. The fourth-order valence-electron chi connectivity index (χ4n) is 2.70. The number of piperidine rings is 1. The lowest BCUT2D eigenvalue weighted by molar-refractivity contribution is 0.0802. The Morgan fingerprint density at radius 3 is 3.00 bits per heavy atom. The van der Waals surface area contributed by atoms with Crippen LogP contribution in [0.2, 0.25) is 0 Å². The average molecular weight is 230 g/mol. The van der Waals surface area contributed by atoms with Crippen LogP contribution in [0.3, 0.4) is 0 Å². The molecule has 0 radical (unpaired) electrons. The van der Waals surface area contributed by atoms with E-state index in [1.807, 2.05) is 6.92 Å². The van der Waals surface area contributed by atoms with E-state index >= 15 is 0 Å². The van der Waals surface area contributed by atoms with E-state index in [-0.39, 0.29) is 6.10 Å². The standard InChI is InChI=1S/C14H18N2O/c1-11-15-13-7-8-16(10-14(13)17-11)9-12-5-3-2-4-6-12/h2-6,13-14H,7-10H2,1H3. The van der Waals surface area contributed by atoms with Gasteiger partial charge in [-0.05, 0) is 12.0 Å². The predicted molar refractivity (Wildman–Crippen MR) is 68.1 cm³/mol. The number of hydrogen-bond acceptors (Lipinski definition) is 3. The molecule has 17 heavy (non-hydrogen) atoms. The van der Waals surface area contributed by atoms with Gasteiger partial charge in [-0.2, -0.15) is 0 Å². The van der Waals surface area contributed by atoms with Crippen LogP contribution in [0.25, 0.3) is 0 Å². The minimum Gasteiger partial charge on any atom is -0.474 e. The molecule has 2 heterocycles. The lowest BCUT2D eigenvalue weighted by Crippen LogP contribution is -2.44. The summed E-state index contributed by atoms with van der Waals surface area (Å²) in [4.78, 5) is 6.98. The van der Waals surface area contributed by atoms with E-state index in [4.69, 9.17) is 4.74 Å². The summed E-state index contributed by atoms with van der Waals surface area (Å²) < 4.78 is 5.74. The summed E-state index contributed by atoms with van der Waals surface area (Å²) in [7, 11) is 0. The highest BCUT2D eigenvalue weighted by molar-refractivity contribution is 5.75. The lowest BCUT2D eigenvalue weighted by Gasteiger charge is -2.32. The molecule has 1 aromatic carbocycles. The predicted octanol–water partition coefficient (Wildman–Crippen LogP) is 2.08. The molecule has 0 aromatic heterocycles. The van der Waals surface area contributed by atoms with Crippen LogP contribution in [0, 0.1) is 0 Å². The van der Waals surface area contributed by atoms with Crippen LogP contribution in [-0.4, -0.2) is 36.0 Å². The highest BCUT2D eigenvalue weighted by Gasteiger charge is 2.34.